The fourth-order valence-electron chi connectivity index (χ4n) is 2.21. The van der Waals surface area contributed by atoms with Crippen LogP contribution in [0.1, 0.15) is 27.2 Å². The quantitative estimate of drug-likeness (QED) is 0.788. The first-order valence-corrected chi connectivity index (χ1v) is 8.04. The minimum absolute atomic E-state index is 0.255. The molecule has 0 spiro atoms. The van der Waals surface area contributed by atoms with Gasteiger partial charge in [0.25, 0.3) is 0 Å². The Morgan fingerprint density at radius 1 is 1.17 bits per heavy atom. The molecule has 3 amide bonds. The van der Waals surface area contributed by atoms with E-state index >= 15 is 0 Å². The van der Waals surface area contributed by atoms with Gasteiger partial charge in [-0.3, -0.25) is 5.32 Å². The van der Waals surface area contributed by atoms with Gasteiger partial charge in [0.2, 0.25) is 0 Å². The Labute approximate surface area is 142 Å². The van der Waals surface area contributed by atoms with Gasteiger partial charge in [-0.2, -0.15) is 0 Å². The summed E-state index contributed by atoms with van der Waals surface area (Å²) >= 11 is 0. The highest BCUT2D eigenvalue weighted by molar-refractivity contribution is 5.90. The van der Waals surface area contributed by atoms with Crippen molar-refractivity contribution in [2.75, 3.05) is 30.4 Å². The number of anilines is 2. The third-order valence-electron chi connectivity index (χ3n) is 3.36. The zero-order valence-electron chi connectivity index (χ0n) is 14.3. The van der Waals surface area contributed by atoms with Crippen LogP contribution in [0.2, 0.25) is 0 Å². The maximum absolute atomic E-state index is 11.8. The Morgan fingerprint density at radius 2 is 1.79 bits per heavy atom. The molecule has 1 fully saturated rings. The predicted octanol–water partition coefficient (Wildman–Crippen LogP) is 3.19. The first-order valence-electron chi connectivity index (χ1n) is 8.04. The zero-order valence-corrected chi connectivity index (χ0v) is 14.3. The topological polar surface area (TPSA) is 88.7 Å². The van der Waals surface area contributed by atoms with Gasteiger partial charge < -0.3 is 20.1 Å². The highest BCUT2D eigenvalue weighted by Gasteiger charge is 2.17. The molecule has 24 heavy (non-hydrogen) atoms. The summed E-state index contributed by atoms with van der Waals surface area (Å²) in [6, 6.07) is 6.57. The lowest BCUT2D eigenvalue weighted by molar-refractivity contribution is 0.0636. The number of amides is 3. The fourth-order valence-corrected chi connectivity index (χ4v) is 2.21. The van der Waals surface area contributed by atoms with Crippen molar-refractivity contribution in [2.45, 2.75) is 32.8 Å². The molecule has 1 aromatic carbocycles. The Balaban J connectivity index is 1.76. The molecule has 1 saturated heterocycles. The van der Waals surface area contributed by atoms with Gasteiger partial charge in [0.1, 0.15) is 5.60 Å². The summed E-state index contributed by atoms with van der Waals surface area (Å²) in [7, 11) is 0. The Hall–Kier alpha value is -2.28. The minimum atomic E-state index is -0.548. The van der Waals surface area contributed by atoms with Gasteiger partial charge in [-0.15, -0.1) is 0 Å². The summed E-state index contributed by atoms with van der Waals surface area (Å²) < 4.78 is 10.4. The van der Waals surface area contributed by atoms with Crippen LogP contribution >= 0.6 is 0 Å². The van der Waals surface area contributed by atoms with Crippen LogP contribution < -0.4 is 16.0 Å². The van der Waals surface area contributed by atoms with Crippen molar-refractivity contribution < 1.29 is 19.1 Å². The smallest absolute Gasteiger partial charge is 0.412 e. The molecule has 2 rings (SSSR count). The molecule has 1 atom stereocenters. The fraction of sp³-hybridized carbons (Fsp3) is 0.529. The number of hydrogen-bond acceptors (Lipinski definition) is 4. The monoisotopic (exact) mass is 335 g/mol. The molecule has 1 aliphatic rings. The van der Waals surface area contributed by atoms with Crippen molar-refractivity contribution in [1.82, 2.24) is 5.32 Å². The normalized spacial score (nSPS) is 17.2. The van der Waals surface area contributed by atoms with Crippen molar-refractivity contribution in [2.24, 2.45) is 5.92 Å². The molecule has 1 heterocycles. The SMILES string of the molecule is CC(C)(C)OC(=O)Nc1ccc(NC(=O)NC[C@@H]2CCOC2)cc1. The first-order chi connectivity index (χ1) is 11.3. The van der Waals surface area contributed by atoms with Gasteiger partial charge in [0, 0.05) is 30.4 Å². The molecule has 0 unspecified atom stereocenters. The van der Waals surface area contributed by atoms with E-state index in [1.807, 2.05) is 0 Å². The van der Waals surface area contributed by atoms with E-state index in [1.165, 1.54) is 0 Å². The second kappa shape index (κ2) is 8.01. The molecule has 0 bridgehead atoms. The number of urea groups is 1. The standard InChI is InChI=1S/C17H25N3O4/c1-17(2,3)24-16(22)20-14-6-4-13(5-7-14)19-15(21)18-10-12-8-9-23-11-12/h4-7,12H,8-11H2,1-3H3,(H,20,22)(H2,18,19,21)/t12-/m0/s1. The second-order valence-electron chi connectivity index (χ2n) is 6.77. The molecule has 1 aromatic rings. The van der Waals surface area contributed by atoms with E-state index in [4.69, 9.17) is 9.47 Å². The molecular weight excluding hydrogens is 310 g/mol. The summed E-state index contributed by atoms with van der Waals surface area (Å²) in [5.74, 6) is 0.385. The van der Waals surface area contributed by atoms with Crippen LogP contribution in [-0.4, -0.2) is 37.5 Å². The highest BCUT2D eigenvalue weighted by atomic mass is 16.6. The van der Waals surface area contributed by atoms with E-state index in [-0.39, 0.29) is 6.03 Å². The average molecular weight is 335 g/mol. The van der Waals surface area contributed by atoms with E-state index in [0.717, 1.165) is 13.0 Å². The van der Waals surface area contributed by atoms with Gasteiger partial charge >= 0.3 is 12.1 Å². The average Bonchev–Trinajstić information content (AvgIpc) is 2.98. The zero-order chi connectivity index (χ0) is 17.6. The summed E-state index contributed by atoms with van der Waals surface area (Å²) in [6.07, 6.45) is 0.463. The van der Waals surface area contributed by atoms with Crippen molar-refractivity contribution in [3.05, 3.63) is 24.3 Å². The van der Waals surface area contributed by atoms with E-state index in [2.05, 4.69) is 16.0 Å². The van der Waals surface area contributed by atoms with Crippen molar-refractivity contribution in [3.8, 4) is 0 Å². The minimum Gasteiger partial charge on any atom is -0.444 e. The van der Waals surface area contributed by atoms with Gasteiger partial charge in [-0.05, 0) is 51.5 Å². The van der Waals surface area contributed by atoms with Crippen molar-refractivity contribution in [3.63, 3.8) is 0 Å². The lowest BCUT2D eigenvalue weighted by atomic mass is 10.1. The molecule has 7 heteroatoms. The number of carbonyl (C=O) groups is 2. The lowest BCUT2D eigenvalue weighted by Gasteiger charge is -2.19. The molecule has 0 aliphatic carbocycles. The molecule has 132 valence electrons. The maximum Gasteiger partial charge on any atom is 0.412 e. The number of ether oxygens (including phenoxy) is 2. The molecule has 3 N–H and O–H groups in total. The van der Waals surface area contributed by atoms with Crippen LogP contribution in [0.5, 0.6) is 0 Å². The second-order valence-corrected chi connectivity index (χ2v) is 6.77. The molecule has 1 aliphatic heterocycles. The van der Waals surface area contributed by atoms with Gasteiger partial charge in [-0.1, -0.05) is 0 Å². The Morgan fingerprint density at radius 3 is 2.33 bits per heavy atom. The van der Waals surface area contributed by atoms with E-state index < -0.39 is 11.7 Å². The van der Waals surface area contributed by atoms with Gasteiger partial charge in [0.15, 0.2) is 0 Å². The molecule has 0 saturated carbocycles. The van der Waals surface area contributed by atoms with Crippen LogP contribution in [0.3, 0.4) is 0 Å². The summed E-state index contributed by atoms with van der Waals surface area (Å²) in [5, 5.41) is 8.21. The van der Waals surface area contributed by atoms with Gasteiger partial charge in [-0.25, -0.2) is 9.59 Å². The third kappa shape index (κ3) is 6.45. The number of hydrogen-bond donors (Lipinski definition) is 3. The van der Waals surface area contributed by atoms with Crippen LogP contribution in [0, 0.1) is 5.92 Å². The van der Waals surface area contributed by atoms with Gasteiger partial charge in [0.05, 0.1) is 6.61 Å². The van der Waals surface area contributed by atoms with E-state index in [9.17, 15) is 9.59 Å². The largest absolute Gasteiger partial charge is 0.444 e. The maximum atomic E-state index is 11.8. The number of rotatable bonds is 4. The summed E-state index contributed by atoms with van der Waals surface area (Å²) in [6.45, 7) is 7.47. The summed E-state index contributed by atoms with van der Waals surface area (Å²) in [5.41, 5.74) is 0.692. The lowest BCUT2D eigenvalue weighted by Crippen LogP contribution is -2.33. The number of benzene rings is 1. The Bertz CT molecular complexity index is 560. The van der Waals surface area contributed by atoms with Crippen molar-refractivity contribution in [1.29, 1.82) is 0 Å². The summed E-state index contributed by atoms with van der Waals surface area (Å²) in [4.78, 5) is 23.5. The highest BCUT2D eigenvalue weighted by Crippen LogP contribution is 2.15. The molecule has 0 aromatic heterocycles. The van der Waals surface area contributed by atoms with E-state index in [1.54, 1.807) is 45.0 Å². The molecule has 0 radical (unpaired) electrons. The number of nitrogens with one attached hydrogen (secondary N) is 3. The predicted molar refractivity (Wildman–Crippen MR) is 92.2 cm³/mol. The van der Waals surface area contributed by atoms with Crippen LogP contribution in [-0.2, 0) is 9.47 Å². The first kappa shape index (κ1) is 18.1. The number of carbonyl (C=O) groups excluding carboxylic acids is 2. The molecule has 7 nitrogen and oxygen atoms in total. The third-order valence-corrected chi connectivity index (χ3v) is 3.36. The van der Waals surface area contributed by atoms with Crippen molar-refractivity contribution >= 4 is 23.5 Å². The van der Waals surface area contributed by atoms with Crippen LogP contribution in [0.4, 0.5) is 21.0 Å². The van der Waals surface area contributed by atoms with Crippen LogP contribution in [0.25, 0.3) is 0 Å². The Kier molecular flexibility index (Phi) is 6.03. The van der Waals surface area contributed by atoms with E-state index in [0.29, 0.717) is 30.4 Å². The molecular formula is C17H25N3O4. The van der Waals surface area contributed by atoms with Crippen LogP contribution in [0.15, 0.2) is 24.3 Å².